The standard InChI is InChI=1S/C17H20FNOS/c1-10-8-16(14(12(3)20)9-15(10)18)19-6-4-17-13(11(19)2)5-7-21-17/h5,7-9,11-12,20H,4,6H2,1-3H3/t11?,12-/m0/s1. The number of aliphatic hydroxyl groups is 1. The van der Waals surface area contributed by atoms with E-state index in [1.165, 1.54) is 16.5 Å². The molecule has 1 unspecified atom stereocenters. The van der Waals surface area contributed by atoms with Gasteiger partial charge in [-0.1, -0.05) is 0 Å². The fraction of sp³-hybridized carbons (Fsp3) is 0.412. The maximum absolute atomic E-state index is 13.8. The summed E-state index contributed by atoms with van der Waals surface area (Å²) < 4.78 is 13.8. The molecule has 3 rings (SSSR count). The van der Waals surface area contributed by atoms with E-state index in [1.807, 2.05) is 6.07 Å². The van der Waals surface area contributed by atoms with Crippen molar-refractivity contribution in [1.29, 1.82) is 0 Å². The van der Waals surface area contributed by atoms with E-state index >= 15 is 0 Å². The molecule has 0 amide bonds. The molecule has 0 spiro atoms. The number of hydrogen-bond acceptors (Lipinski definition) is 3. The van der Waals surface area contributed by atoms with E-state index in [0.29, 0.717) is 11.1 Å². The average Bonchev–Trinajstić information content (AvgIpc) is 2.91. The van der Waals surface area contributed by atoms with Crippen LogP contribution in [0.25, 0.3) is 0 Å². The monoisotopic (exact) mass is 305 g/mol. The van der Waals surface area contributed by atoms with Crippen LogP contribution in [0.5, 0.6) is 0 Å². The van der Waals surface area contributed by atoms with Crippen LogP contribution < -0.4 is 4.90 Å². The summed E-state index contributed by atoms with van der Waals surface area (Å²) in [5.41, 5.74) is 3.60. The Morgan fingerprint density at radius 2 is 2.19 bits per heavy atom. The number of halogens is 1. The molecule has 4 heteroatoms. The number of fused-ring (bicyclic) bond motifs is 1. The third-order valence-electron chi connectivity index (χ3n) is 4.34. The molecule has 1 aliphatic rings. The first-order chi connectivity index (χ1) is 9.99. The van der Waals surface area contributed by atoms with Crippen molar-refractivity contribution in [2.75, 3.05) is 11.4 Å². The van der Waals surface area contributed by atoms with Crippen LogP contribution in [-0.4, -0.2) is 11.7 Å². The number of aliphatic hydroxyl groups excluding tert-OH is 1. The number of benzene rings is 1. The van der Waals surface area contributed by atoms with Crippen molar-refractivity contribution >= 4 is 17.0 Å². The van der Waals surface area contributed by atoms with Gasteiger partial charge in [0.25, 0.3) is 0 Å². The van der Waals surface area contributed by atoms with Crippen LogP contribution in [0, 0.1) is 12.7 Å². The second-order valence-electron chi connectivity index (χ2n) is 5.75. The second kappa shape index (κ2) is 5.43. The van der Waals surface area contributed by atoms with E-state index in [4.69, 9.17) is 0 Å². The van der Waals surface area contributed by atoms with Crippen LogP contribution in [0.3, 0.4) is 0 Å². The molecule has 1 aromatic heterocycles. The topological polar surface area (TPSA) is 23.5 Å². The Balaban J connectivity index is 2.07. The van der Waals surface area contributed by atoms with Crippen LogP contribution in [0.4, 0.5) is 10.1 Å². The highest BCUT2D eigenvalue weighted by Crippen LogP contribution is 2.39. The molecule has 21 heavy (non-hydrogen) atoms. The van der Waals surface area contributed by atoms with E-state index in [9.17, 15) is 9.50 Å². The molecular weight excluding hydrogens is 285 g/mol. The predicted octanol–water partition coefficient (Wildman–Crippen LogP) is 4.37. The molecule has 2 heterocycles. The fourth-order valence-electron chi connectivity index (χ4n) is 3.10. The van der Waals surface area contributed by atoms with E-state index in [-0.39, 0.29) is 11.9 Å². The van der Waals surface area contributed by atoms with Gasteiger partial charge < -0.3 is 10.0 Å². The third kappa shape index (κ3) is 2.47. The minimum atomic E-state index is -0.675. The lowest BCUT2D eigenvalue weighted by molar-refractivity contribution is 0.199. The number of thiophene rings is 1. The minimum Gasteiger partial charge on any atom is -0.389 e. The summed E-state index contributed by atoms with van der Waals surface area (Å²) >= 11 is 1.81. The van der Waals surface area contributed by atoms with Gasteiger partial charge in [0.1, 0.15) is 5.82 Å². The van der Waals surface area contributed by atoms with E-state index in [1.54, 1.807) is 25.2 Å². The Kier molecular flexibility index (Phi) is 3.76. The number of rotatable bonds is 2. The van der Waals surface area contributed by atoms with Gasteiger partial charge in [-0.25, -0.2) is 4.39 Å². The molecule has 2 nitrogen and oxygen atoms in total. The normalized spacial score (nSPS) is 19.5. The summed E-state index contributed by atoms with van der Waals surface area (Å²) in [6.07, 6.45) is 0.332. The van der Waals surface area contributed by atoms with Crippen LogP contribution >= 0.6 is 11.3 Å². The van der Waals surface area contributed by atoms with Gasteiger partial charge in [-0.05, 0) is 61.9 Å². The van der Waals surface area contributed by atoms with E-state index < -0.39 is 6.10 Å². The molecule has 2 aromatic rings. The highest BCUT2D eigenvalue weighted by Gasteiger charge is 2.27. The molecule has 0 bridgehead atoms. The van der Waals surface area contributed by atoms with Crippen molar-refractivity contribution < 1.29 is 9.50 Å². The van der Waals surface area contributed by atoms with Gasteiger partial charge in [-0.15, -0.1) is 11.3 Å². The van der Waals surface area contributed by atoms with Crippen LogP contribution in [-0.2, 0) is 6.42 Å². The molecule has 0 saturated carbocycles. The Bertz CT molecular complexity index is 665. The molecule has 0 fully saturated rings. The van der Waals surface area contributed by atoms with Crippen molar-refractivity contribution in [3.8, 4) is 0 Å². The van der Waals surface area contributed by atoms with Gasteiger partial charge in [-0.3, -0.25) is 0 Å². The zero-order valence-corrected chi connectivity index (χ0v) is 13.4. The summed E-state index contributed by atoms with van der Waals surface area (Å²) in [6.45, 7) is 6.54. The fourth-order valence-corrected chi connectivity index (χ4v) is 4.07. The Morgan fingerprint density at radius 3 is 2.90 bits per heavy atom. The van der Waals surface area contributed by atoms with Crippen molar-refractivity contribution in [1.82, 2.24) is 0 Å². The van der Waals surface area contributed by atoms with Gasteiger partial charge in [0.05, 0.1) is 12.1 Å². The minimum absolute atomic E-state index is 0.252. The summed E-state index contributed by atoms with van der Waals surface area (Å²) in [6, 6.07) is 5.77. The smallest absolute Gasteiger partial charge is 0.126 e. The van der Waals surface area contributed by atoms with Crippen molar-refractivity contribution in [3.05, 3.63) is 51.0 Å². The van der Waals surface area contributed by atoms with Gasteiger partial charge >= 0.3 is 0 Å². The Labute approximate surface area is 128 Å². The van der Waals surface area contributed by atoms with Gasteiger partial charge in [0.2, 0.25) is 0 Å². The maximum Gasteiger partial charge on any atom is 0.126 e. The number of anilines is 1. The molecule has 0 saturated heterocycles. The lowest BCUT2D eigenvalue weighted by atomic mass is 9.97. The third-order valence-corrected chi connectivity index (χ3v) is 5.34. The van der Waals surface area contributed by atoms with E-state index in [2.05, 4.69) is 23.3 Å². The number of nitrogens with zero attached hydrogens (tertiary/aromatic N) is 1. The average molecular weight is 305 g/mol. The van der Waals surface area contributed by atoms with Gasteiger partial charge in [-0.2, -0.15) is 0 Å². The van der Waals surface area contributed by atoms with Crippen LogP contribution in [0.1, 0.15) is 47.6 Å². The first-order valence-corrected chi connectivity index (χ1v) is 8.18. The molecule has 2 atom stereocenters. The SMILES string of the molecule is Cc1cc(N2CCc3sccc3C2C)c([C@H](C)O)cc1F. The highest BCUT2D eigenvalue weighted by atomic mass is 32.1. The molecule has 1 aliphatic heterocycles. The van der Waals surface area contributed by atoms with Crippen molar-refractivity contribution in [2.45, 2.75) is 39.3 Å². The summed E-state index contributed by atoms with van der Waals surface area (Å²) in [7, 11) is 0. The van der Waals surface area contributed by atoms with Crippen LogP contribution in [0.15, 0.2) is 23.6 Å². The number of aryl methyl sites for hydroxylation is 1. The zero-order valence-electron chi connectivity index (χ0n) is 12.6. The molecular formula is C17H20FNOS. The highest BCUT2D eigenvalue weighted by molar-refractivity contribution is 7.10. The number of hydrogen-bond donors (Lipinski definition) is 1. The van der Waals surface area contributed by atoms with Gasteiger partial charge in [0, 0.05) is 22.7 Å². The first kappa shape index (κ1) is 14.5. The Hall–Kier alpha value is -1.39. The predicted molar refractivity (Wildman–Crippen MR) is 85.6 cm³/mol. The molecule has 0 radical (unpaired) electrons. The summed E-state index contributed by atoms with van der Waals surface area (Å²) in [5.74, 6) is -0.254. The molecule has 1 aromatic carbocycles. The quantitative estimate of drug-likeness (QED) is 0.890. The molecule has 1 N–H and O–H groups in total. The summed E-state index contributed by atoms with van der Waals surface area (Å²) in [4.78, 5) is 3.72. The first-order valence-electron chi connectivity index (χ1n) is 7.30. The summed E-state index contributed by atoms with van der Waals surface area (Å²) in [5, 5.41) is 12.1. The zero-order chi connectivity index (χ0) is 15.1. The Morgan fingerprint density at radius 1 is 1.43 bits per heavy atom. The molecule has 112 valence electrons. The van der Waals surface area contributed by atoms with Crippen LogP contribution in [0.2, 0.25) is 0 Å². The van der Waals surface area contributed by atoms with Crippen molar-refractivity contribution in [3.63, 3.8) is 0 Å². The second-order valence-corrected chi connectivity index (χ2v) is 6.76. The van der Waals surface area contributed by atoms with Crippen molar-refractivity contribution in [2.24, 2.45) is 0 Å². The lowest BCUT2D eigenvalue weighted by Crippen LogP contribution is -2.34. The largest absolute Gasteiger partial charge is 0.389 e. The van der Waals surface area contributed by atoms with Gasteiger partial charge in [0.15, 0.2) is 0 Å². The maximum atomic E-state index is 13.8. The molecule has 0 aliphatic carbocycles. The lowest BCUT2D eigenvalue weighted by Gasteiger charge is -2.37. The van der Waals surface area contributed by atoms with E-state index in [0.717, 1.165) is 18.7 Å².